The van der Waals surface area contributed by atoms with Crippen molar-refractivity contribution >= 4 is 5.97 Å². The Labute approximate surface area is 78.1 Å². The van der Waals surface area contributed by atoms with Gasteiger partial charge in [-0.15, -0.1) is 0 Å². The molecule has 0 radical (unpaired) electrons. The van der Waals surface area contributed by atoms with Gasteiger partial charge in [-0.2, -0.15) is 4.89 Å². The summed E-state index contributed by atoms with van der Waals surface area (Å²) in [4.78, 5) is 20.8. The zero-order valence-corrected chi connectivity index (χ0v) is 8.33. The van der Waals surface area contributed by atoms with E-state index in [1.165, 1.54) is 0 Å². The molecule has 0 aromatic carbocycles. The molecule has 0 amide bonds. The lowest BCUT2D eigenvalue weighted by atomic mass is 10.1. The molecule has 0 bridgehead atoms. The fraction of sp³-hybridized carbons (Fsp3) is 0.889. The third-order valence-electron chi connectivity index (χ3n) is 2.08. The highest BCUT2D eigenvalue weighted by molar-refractivity contribution is 5.71. The Balaban J connectivity index is 2.23. The summed E-state index contributed by atoms with van der Waals surface area (Å²) < 4.78 is 4.82. The summed E-state index contributed by atoms with van der Waals surface area (Å²) >= 11 is 0. The molecule has 0 aliphatic carbocycles. The quantitative estimate of drug-likeness (QED) is 0.383. The molecular weight excluding hydrogens is 172 g/mol. The standard InChI is InChI=1S/C9H16O4/c1-4-9(2,3)13-12-8-6-5-7(10)11-8/h8H,4-6H2,1-3H3. The average molecular weight is 188 g/mol. The number of esters is 1. The smallest absolute Gasteiger partial charge is 0.308 e. The molecule has 76 valence electrons. The van der Waals surface area contributed by atoms with Gasteiger partial charge in [-0.05, 0) is 20.3 Å². The molecule has 4 heteroatoms. The molecule has 13 heavy (non-hydrogen) atoms. The van der Waals surface area contributed by atoms with Gasteiger partial charge in [-0.25, -0.2) is 4.89 Å². The molecule has 0 N–H and O–H groups in total. The molecule has 0 saturated carbocycles. The Kier molecular flexibility index (Phi) is 3.27. The van der Waals surface area contributed by atoms with Gasteiger partial charge in [0.15, 0.2) is 0 Å². The molecule has 1 aliphatic heterocycles. The molecule has 0 aromatic heterocycles. The van der Waals surface area contributed by atoms with Gasteiger partial charge >= 0.3 is 5.97 Å². The molecule has 4 nitrogen and oxygen atoms in total. The van der Waals surface area contributed by atoms with Crippen molar-refractivity contribution in [3.8, 4) is 0 Å². The zero-order chi connectivity index (χ0) is 9.90. The largest absolute Gasteiger partial charge is 0.433 e. The predicted octanol–water partition coefficient (Wildman–Crippen LogP) is 1.79. The van der Waals surface area contributed by atoms with E-state index in [1.54, 1.807) is 0 Å². The maximum absolute atomic E-state index is 10.7. The Morgan fingerprint density at radius 3 is 2.77 bits per heavy atom. The van der Waals surface area contributed by atoms with Crippen LogP contribution in [0.2, 0.25) is 0 Å². The Morgan fingerprint density at radius 1 is 1.62 bits per heavy atom. The van der Waals surface area contributed by atoms with Gasteiger partial charge in [-0.1, -0.05) is 6.92 Å². The van der Waals surface area contributed by atoms with Crippen LogP contribution in [0.5, 0.6) is 0 Å². The molecular formula is C9H16O4. The van der Waals surface area contributed by atoms with E-state index in [1.807, 2.05) is 20.8 Å². The molecule has 0 aromatic rings. The van der Waals surface area contributed by atoms with E-state index in [0.717, 1.165) is 6.42 Å². The van der Waals surface area contributed by atoms with E-state index >= 15 is 0 Å². The number of carbonyl (C=O) groups is 1. The minimum Gasteiger partial charge on any atom is -0.433 e. The van der Waals surface area contributed by atoms with Crippen LogP contribution in [0.15, 0.2) is 0 Å². The van der Waals surface area contributed by atoms with Crippen LogP contribution in [0, 0.1) is 0 Å². The first-order valence-corrected chi connectivity index (χ1v) is 4.57. The van der Waals surface area contributed by atoms with E-state index in [-0.39, 0.29) is 11.6 Å². The predicted molar refractivity (Wildman–Crippen MR) is 45.7 cm³/mol. The number of hydrogen-bond donors (Lipinski definition) is 0. The van der Waals surface area contributed by atoms with Gasteiger partial charge in [-0.3, -0.25) is 4.79 Å². The summed E-state index contributed by atoms with van der Waals surface area (Å²) in [6, 6.07) is 0. The minimum absolute atomic E-state index is 0.220. The van der Waals surface area contributed by atoms with Crippen LogP contribution < -0.4 is 0 Å². The van der Waals surface area contributed by atoms with Crippen LogP contribution in [0.4, 0.5) is 0 Å². The maximum Gasteiger partial charge on any atom is 0.308 e. The van der Waals surface area contributed by atoms with E-state index in [9.17, 15) is 4.79 Å². The van der Waals surface area contributed by atoms with Crippen molar-refractivity contribution in [2.24, 2.45) is 0 Å². The minimum atomic E-state index is -0.515. The Hall–Kier alpha value is -0.610. The van der Waals surface area contributed by atoms with Crippen LogP contribution in [0.25, 0.3) is 0 Å². The molecule has 1 rings (SSSR count). The SMILES string of the molecule is CCC(C)(C)OOC1CCC(=O)O1. The van der Waals surface area contributed by atoms with Crippen LogP contribution in [-0.2, 0) is 19.3 Å². The second-order valence-electron chi connectivity index (χ2n) is 3.75. The van der Waals surface area contributed by atoms with E-state index in [4.69, 9.17) is 14.5 Å². The van der Waals surface area contributed by atoms with Crippen molar-refractivity contribution in [3.05, 3.63) is 0 Å². The van der Waals surface area contributed by atoms with Gasteiger partial charge in [0.25, 0.3) is 0 Å². The Morgan fingerprint density at radius 2 is 2.31 bits per heavy atom. The molecule has 1 atom stereocenters. The van der Waals surface area contributed by atoms with Crippen molar-refractivity contribution in [2.75, 3.05) is 0 Å². The lowest BCUT2D eigenvalue weighted by Crippen LogP contribution is -2.26. The number of rotatable bonds is 4. The van der Waals surface area contributed by atoms with Gasteiger partial charge in [0.05, 0.1) is 12.0 Å². The topological polar surface area (TPSA) is 44.8 Å². The van der Waals surface area contributed by atoms with Crippen LogP contribution in [0.1, 0.15) is 40.0 Å². The summed E-state index contributed by atoms with van der Waals surface area (Å²) in [5.74, 6) is -0.220. The molecule has 1 aliphatic rings. The van der Waals surface area contributed by atoms with Gasteiger partial charge in [0.2, 0.25) is 6.29 Å². The number of hydrogen-bond acceptors (Lipinski definition) is 4. The zero-order valence-electron chi connectivity index (χ0n) is 8.33. The highest BCUT2D eigenvalue weighted by Crippen LogP contribution is 2.20. The summed E-state index contributed by atoms with van der Waals surface area (Å²) in [7, 11) is 0. The van der Waals surface area contributed by atoms with E-state index < -0.39 is 6.29 Å². The van der Waals surface area contributed by atoms with E-state index in [2.05, 4.69) is 0 Å². The monoisotopic (exact) mass is 188 g/mol. The first-order chi connectivity index (χ1) is 6.03. The summed E-state index contributed by atoms with van der Waals surface area (Å²) in [6.07, 6.45) is 1.32. The average Bonchev–Trinajstić information content (AvgIpc) is 2.48. The van der Waals surface area contributed by atoms with E-state index in [0.29, 0.717) is 12.8 Å². The lowest BCUT2D eigenvalue weighted by Gasteiger charge is -2.22. The van der Waals surface area contributed by atoms with Crippen molar-refractivity contribution in [1.29, 1.82) is 0 Å². The Bertz CT molecular complexity index is 188. The molecule has 1 heterocycles. The van der Waals surface area contributed by atoms with Crippen molar-refractivity contribution < 1.29 is 19.3 Å². The van der Waals surface area contributed by atoms with Crippen molar-refractivity contribution in [2.45, 2.75) is 51.9 Å². The maximum atomic E-state index is 10.7. The second kappa shape index (κ2) is 4.07. The fourth-order valence-corrected chi connectivity index (χ4v) is 0.811. The molecule has 1 fully saturated rings. The van der Waals surface area contributed by atoms with Crippen LogP contribution >= 0.6 is 0 Å². The van der Waals surface area contributed by atoms with Crippen molar-refractivity contribution in [3.63, 3.8) is 0 Å². The molecule has 1 saturated heterocycles. The number of cyclic esters (lactones) is 1. The number of carbonyl (C=O) groups excluding carboxylic acids is 1. The third-order valence-corrected chi connectivity index (χ3v) is 2.08. The van der Waals surface area contributed by atoms with Gasteiger partial charge < -0.3 is 4.74 Å². The van der Waals surface area contributed by atoms with Crippen LogP contribution in [-0.4, -0.2) is 17.9 Å². The number of ether oxygens (including phenoxy) is 1. The third kappa shape index (κ3) is 3.32. The molecule has 0 spiro atoms. The molecule has 1 unspecified atom stereocenters. The lowest BCUT2D eigenvalue weighted by molar-refractivity contribution is -0.408. The first kappa shape index (κ1) is 10.5. The highest BCUT2D eigenvalue weighted by atomic mass is 17.2. The second-order valence-corrected chi connectivity index (χ2v) is 3.75. The fourth-order valence-electron chi connectivity index (χ4n) is 0.811. The summed E-state index contributed by atoms with van der Waals surface area (Å²) in [5, 5.41) is 0. The van der Waals surface area contributed by atoms with Crippen molar-refractivity contribution in [1.82, 2.24) is 0 Å². The normalized spacial score (nSPS) is 23.3. The summed E-state index contributed by atoms with van der Waals surface area (Å²) in [5.41, 5.74) is -0.324. The first-order valence-electron chi connectivity index (χ1n) is 4.57. The van der Waals surface area contributed by atoms with Gasteiger partial charge in [0.1, 0.15) is 0 Å². The van der Waals surface area contributed by atoms with Crippen LogP contribution in [0.3, 0.4) is 0 Å². The van der Waals surface area contributed by atoms with Gasteiger partial charge in [0, 0.05) is 6.42 Å². The summed E-state index contributed by atoms with van der Waals surface area (Å²) in [6.45, 7) is 5.84. The highest BCUT2D eigenvalue weighted by Gasteiger charge is 2.27.